The summed E-state index contributed by atoms with van der Waals surface area (Å²) in [7, 11) is 1.79. The number of Topliss-reactive ketones (excluding diaryl/α,β-unsaturated/α-hetero) is 2. The Kier molecular flexibility index (Phi) is 4.06. The number of fused-ring (bicyclic) bond motifs is 1. The van der Waals surface area contributed by atoms with Gasteiger partial charge in [-0.3, -0.25) is 14.4 Å². The van der Waals surface area contributed by atoms with Crippen molar-refractivity contribution in [2.75, 3.05) is 5.32 Å². The van der Waals surface area contributed by atoms with Crippen molar-refractivity contribution in [2.45, 2.75) is 25.2 Å². The quantitative estimate of drug-likeness (QED) is 0.880. The number of amides is 1. The lowest BCUT2D eigenvalue weighted by atomic mass is 9.85. The van der Waals surface area contributed by atoms with Crippen molar-refractivity contribution in [2.24, 2.45) is 7.05 Å². The number of hydrogen-bond acceptors (Lipinski definition) is 4. The number of carbonyl (C=O) groups excluding carboxylic acids is 3. The van der Waals surface area contributed by atoms with Gasteiger partial charge in [0.05, 0.1) is 12.2 Å². The van der Waals surface area contributed by atoms with E-state index in [0.29, 0.717) is 16.9 Å². The molecule has 0 bridgehead atoms. The molecule has 3 rings (SSSR count). The summed E-state index contributed by atoms with van der Waals surface area (Å²) in [4.78, 5) is 40.7. The summed E-state index contributed by atoms with van der Waals surface area (Å²) in [6, 6.07) is 7.14. The number of hydrogen-bond donors (Lipinski definition) is 1. The van der Waals surface area contributed by atoms with E-state index in [-0.39, 0.29) is 36.7 Å². The number of carbonyl (C=O) groups is 3. The van der Waals surface area contributed by atoms with E-state index in [1.807, 2.05) is 0 Å². The second-order valence-corrected chi connectivity index (χ2v) is 5.71. The highest BCUT2D eigenvalue weighted by atomic mass is 16.2. The molecule has 0 aliphatic carbocycles. The SMILES string of the molecule is Cn1cnc(C(=O)CC2C(=O)CCC(=O)Nc3ccccc32)c1. The third-order valence-corrected chi connectivity index (χ3v) is 3.98. The highest BCUT2D eigenvalue weighted by Gasteiger charge is 2.29. The van der Waals surface area contributed by atoms with Gasteiger partial charge in [0.25, 0.3) is 0 Å². The summed E-state index contributed by atoms with van der Waals surface area (Å²) in [5.74, 6) is -0.996. The van der Waals surface area contributed by atoms with Crippen LogP contribution in [0, 0.1) is 0 Å². The van der Waals surface area contributed by atoms with E-state index >= 15 is 0 Å². The summed E-state index contributed by atoms with van der Waals surface area (Å²) in [5.41, 5.74) is 1.64. The van der Waals surface area contributed by atoms with Gasteiger partial charge in [0.2, 0.25) is 5.91 Å². The van der Waals surface area contributed by atoms with Gasteiger partial charge < -0.3 is 9.88 Å². The van der Waals surface area contributed by atoms with Crippen molar-refractivity contribution in [1.82, 2.24) is 9.55 Å². The zero-order chi connectivity index (χ0) is 16.4. The van der Waals surface area contributed by atoms with Gasteiger partial charge >= 0.3 is 0 Å². The minimum atomic E-state index is -0.554. The predicted molar refractivity (Wildman–Crippen MR) is 84.2 cm³/mol. The number of benzene rings is 1. The fourth-order valence-electron chi connectivity index (χ4n) is 2.78. The van der Waals surface area contributed by atoms with Crippen molar-refractivity contribution in [1.29, 1.82) is 0 Å². The normalized spacial score (nSPS) is 17.9. The first kappa shape index (κ1) is 15.1. The van der Waals surface area contributed by atoms with E-state index in [0.717, 1.165) is 0 Å². The van der Waals surface area contributed by atoms with Crippen LogP contribution in [0.15, 0.2) is 36.8 Å². The average molecular weight is 311 g/mol. The summed E-state index contributed by atoms with van der Waals surface area (Å²) in [6.07, 6.45) is 3.54. The van der Waals surface area contributed by atoms with Crippen LogP contribution >= 0.6 is 0 Å². The van der Waals surface area contributed by atoms with Gasteiger partial charge in [-0.15, -0.1) is 0 Å². The number of nitrogens with one attached hydrogen (secondary N) is 1. The van der Waals surface area contributed by atoms with E-state index in [1.165, 1.54) is 0 Å². The standard InChI is InChI=1S/C17H17N3O3/c1-20-9-14(18-10-20)16(22)8-12-11-4-2-3-5-13(11)19-17(23)7-6-15(12)21/h2-5,9-10,12H,6-8H2,1H3,(H,19,23). The Morgan fingerprint density at radius 2 is 2.09 bits per heavy atom. The van der Waals surface area contributed by atoms with Crippen LogP contribution in [0.25, 0.3) is 0 Å². The third-order valence-electron chi connectivity index (χ3n) is 3.98. The first-order valence-corrected chi connectivity index (χ1v) is 7.47. The average Bonchev–Trinajstić information content (AvgIpc) is 2.96. The molecule has 1 amide bonds. The van der Waals surface area contributed by atoms with Crippen LogP contribution in [-0.2, 0) is 16.6 Å². The van der Waals surface area contributed by atoms with Crippen LogP contribution in [0.5, 0.6) is 0 Å². The highest BCUT2D eigenvalue weighted by Crippen LogP contribution is 2.32. The van der Waals surface area contributed by atoms with Crippen LogP contribution in [0.2, 0.25) is 0 Å². The molecule has 0 saturated heterocycles. The molecule has 0 fully saturated rings. The summed E-state index contributed by atoms with van der Waals surface area (Å²) in [6.45, 7) is 0. The molecular formula is C17H17N3O3. The maximum absolute atomic E-state index is 12.5. The smallest absolute Gasteiger partial charge is 0.224 e. The highest BCUT2D eigenvalue weighted by molar-refractivity contribution is 6.03. The number of rotatable bonds is 3. The molecule has 1 atom stereocenters. The third kappa shape index (κ3) is 3.21. The van der Waals surface area contributed by atoms with Gasteiger partial charge in [-0.05, 0) is 11.6 Å². The molecule has 1 aromatic heterocycles. The lowest BCUT2D eigenvalue weighted by Gasteiger charge is -2.21. The molecule has 0 spiro atoms. The predicted octanol–water partition coefficient (Wildman–Crippen LogP) is 2.08. The van der Waals surface area contributed by atoms with Crippen molar-refractivity contribution in [3.05, 3.63) is 48.0 Å². The second kappa shape index (κ2) is 6.16. The monoisotopic (exact) mass is 311 g/mol. The van der Waals surface area contributed by atoms with E-state index in [9.17, 15) is 14.4 Å². The molecule has 6 heteroatoms. The second-order valence-electron chi connectivity index (χ2n) is 5.71. The molecule has 2 heterocycles. The zero-order valence-electron chi connectivity index (χ0n) is 12.8. The van der Waals surface area contributed by atoms with Crippen molar-refractivity contribution in [3.8, 4) is 0 Å². The lowest BCUT2D eigenvalue weighted by Crippen LogP contribution is -2.24. The number of nitrogens with zero attached hydrogens (tertiary/aromatic N) is 2. The number of aromatic nitrogens is 2. The number of para-hydroxylation sites is 1. The van der Waals surface area contributed by atoms with Gasteiger partial charge in [0, 0.05) is 38.2 Å². The molecule has 0 saturated carbocycles. The molecule has 2 aromatic rings. The fourth-order valence-corrected chi connectivity index (χ4v) is 2.78. The Morgan fingerprint density at radius 3 is 2.83 bits per heavy atom. The Hall–Kier alpha value is -2.76. The molecule has 0 radical (unpaired) electrons. The summed E-state index contributed by atoms with van der Waals surface area (Å²) in [5, 5.41) is 2.81. The minimum Gasteiger partial charge on any atom is -0.340 e. The summed E-state index contributed by atoms with van der Waals surface area (Å²) < 4.78 is 1.70. The largest absolute Gasteiger partial charge is 0.340 e. The van der Waals surface area contributed by atoms with E-state index in [2.05, 4.69) is 10.3 Å². The molecule has 23 heavy (non-hydrogen) atoms. The van der Waals surface area contributed by atoms with E-state index < -0.39 is 5.92 Å². The Morgan fingerprint density at radius 1 is 1.30 bits per heavy atom. The van der Waals surface area contributed by atoms with Crippen molar-refractivity contribution < 1.29 is 14.4 Å². The molecule has 1 aliphatic heterocycles. The molecular weight excluding hydrogens is 294 g/mol. The molecule has 6 nitrogen and oxygen atoms in total. The first-order valence-electron chi connectivity index (χ1n) is 7.47. The van der Waals surface area contributed by atoms with Crippen LogP contribution in [0.1, 0.15) is 41.2 Å². The topological polar surface area (TPSA) is 81.1 Å². The number of aryl methyl sites for hydroxylation is 1. The fraction of sp³-hybridized carbons (Fsp3) is 0.294. The number of anilines is 1. The molecule has 1 unspecified atom stereocenters. The van der Waals surface area contributed by atoms with Crippen molar-refractivity contribution >= 4 is 23.2 Å². The van der Waals surface area contributed by atoms with Crippen LogP contribution in [0.3, 0.4) is 0 Å². The molecule has 1 N–H and O–H groups in total. The first-order chi connectivity index (χ1) is 11.0. The van der Waals surface area contributed by atoms with Gasteiger partial charge in [-0.2, -0.15) is 0 Å². The number of imidazole rings is 1. The molecule has 1 aliphatic rings. The molecule has 1 aromatic carbocycles. The van der Waals surface area contributed by atoms with E-state index in [1.54, 1.807) is 48.4 Å². The Balaban J connectivity index is 1.93. The van der Waals surface area contributed by atoms with Crippen LogP contribution < -0.4 is 5.32 Å². The van der Waals surface area contributed by atoms with Crippen LogP contribution in [0.4, 0.5) is 5.69 Å². The maximum atomic E-state index is 12.5. The maximum Gasteiger partial charge on any atom is 0.224 e. The summed E-state index contributed by atoms with van der Waals surface area (Å²) >= 11 is 0. The van der Waals surface area contributed by atoms with Crippen LogP contribution in [-0.4, -0.2) is 27.0 Å². The zero-order valence-corrected chi connectivity index (χ0v) is 12.8. The van der Waals surface area contributed by atoms with Gasteiger partial charge in [-0.25, -0.2) is 4.98 Å². The molecule has 118 valence electrons. The Bertz CT molecular complexity index is 779. The van der Waals surface area contributed by atoms with Crippen molar-refractivity contribution in [3.63, 3.8) is 0 Å². The minimum absolute atomic E-state index is 0.0583. The lowest BCUT2D eigenvalue weighted by molar-refractivity contribution is -0.124. The number of ketones is 2. The Labute approximate surface area is 133 Å². The van der Waals surface area contributed by atoms with Gasteiger partial charge in [0.15, 0.2) is 5.78 Å². The van der Waals surface area contributed by atoms with Gasteiger partial charge in [-0.1, -0.05) is 18.2 Å². The van der Waals surface area contributed by atoms with E-state index in [4.69, 9.17) is 0 Å². The van der Waals surface area contributed by atoms with Gasteiger partial charge in [0.1, 0.15) is 11.5 Å².